The first-order valence-electron chi connectivity index (χ1n) is 5.54. The van der Waals surface area contributed by atoms with Crippen molar-refractivity contribution in [1.82, 2.24) is 4.90 Å². The van der Waals surface area contributed by atoms with Crippen molar-refractivity contribution in [1.29, 1.82) is 0 Å². The largest absolute Gasteiger partial charge is 0.381 e. The minimum absolute atomic E-state index is 0.575. The second kappa shape index (κ2) is 3.58. The van der Waals surface area contributed by atoms with Gasteiger partial charge in [-0.2, -0.15) is 0 Å². The summed E-state index contributed by atoms with van der Waals surface area (Å²) in [4.78, 5) is 2.59. The Morgan fingerprint density at radius 1 is 1.15 bits per heavy atom. The van der Waals surface area contributed by atoms with Gasteiger partial charge in [-0.25, -0.2) is 0 Å². The lowest BCUT2D eigenvalue weighted by Crippen LogP contribution is -2.43. The number of piperidine rings is 1. The molecule has 0 aromatic heterocycles. The number of hydrogen-bond acceptors (Lipinski definition) is 2. The molecule has 0 aliphatic carbocycles. The SMILES string of the molecule is CC(C)N1CCC2(CCOC2)CC1. The molecule has 2 aliphatic heterocycles. The standard InChI is InChI=1S/C11H21NO/c1-10(2)12-6-3-11(4-7-12)5-8-13-9-11/h10H,3-9H2,1-2H3. The highest BCUT2D eigenvalue weighted by molar-refractivity contribution is 4.89. The maximum absolute atomic E-state index is 5.51. The Hall–Kier alpha value is -0.0800. The summed E-state index contributed by atoms with van der Waals surface area (Å²) in [7, 11) is 0. The van der Waals surface area contributed by atoms with E-state index in [-0.39, 0.29) is 0 Å². The van der Waals surface area contributed by atoms with E-state index < -0.39 is 0 Å². The van der Waals surface area contributed by atoms with Crippen LogP contribution in [0.5, 0.6) is 0 Å². The average molecular weight is 183 g/mol. The first kappa shape index (κ1) is 9.47. The van der Waals surface area contributed by atoms with Crippen LogP contribution in [-0.2, 0) is 4.74 Å². The normalized spacial score (nSPS) is 28.8. The Morgan fingerprint density at radius 3 is 2.31 bits per heavy atom. The number of nitrogens with zero attached hydrogens (tertiary/aromatic N) is 1. The fraction of sp³-hybridized carbons (Fsp3) is 1.00. The van der Waals surface area contributed by atoms with Gasteiger partial charge in [-0.15, -0.1) is 0 Å². The van der Waals surface area contributed by atoms with E-state index >= 15 is 0 Å². The molecule has 0 amide bonds. The van der Waals surface area contributed by atoms with E-state index in [0.29, 0.717) is 5.41 Å². The van der Waals surface area contributed by atoms with E-state index in [2.05, 4.69) is 18.7 Å². The molecular formula is C11H21NO. The van der Waals surface area contributed by atoms with Gasteiger partial charge in [0.1, 0.15) is 0 Å². The van der Waals surface area contributed by atoms with E-state index in [1.54, 1.807) is 0 Å². The molecule has 0 aromatic rings. The van der Waals surface area contributed by atoms with Crippen LogP contribution in [0.4, 0.5) is 0 Å². The van der Waals surface area contributed by atoms with Gasteiger partial charge < -0.3 is 9.64 Å². The monoisotopic (exact) mass is 183 g/mol. The van der Waals surface area contributed by atoms with Crippen LogP contribution in [0.1, 0.15) is 33.1 Å². The summed E-state index contributed by atoms with van der Waals surface area (Å²) in [6.07, 6.45) is 4.01. The van der Waals surface area contributed by atoms with E-state index in [0.717, 1.165) is 19.3 Å². The lowest BCUT2D eigenvalue weighted by atomic mass is 9.78. The molecule has 0 saturated carbocycles. The number of ether oxygens (including phenoxy) is 1. The van der Waals surface area contributed by atoms with Crippen molar-refractivity contribution in [3.8, 4) is 0 Å². The van der Waals surface area contributed by atoms with Gasteiger partial charge in [-0.3, -0.25) is 0 Å². The summed E-state index contributed by atoms with van der Waals surface area (Å²) in [5.74, 6) is 0. The van der Waals surface area contributed by atoms with E-state index in [1.165, 1.54) is 32.4 Å². The molecule has 2 aliphatic rings. The van der Waals surface area contributed by atoms with Crippen LogP contribution >= 0.6 is 0 Å². The van der Waals surface area contributed by atoms with E-state index in [9.17, 15) is 0 Å². The topological polar surface area (TPSA) is 12.5 Å². The molecule has 13 heavy (non-hydrogen) atoms. The first-order valence-corrected chi connectivity index (χ1v) is 5.54. The van der Waals surface area contributed by atoms with Crippen molar-refractivity contribution in [2.75, 3.05) is 26.3 Å². The molecule has 2 nitrogen and oxygen atoms in total. The Labute approximate surface area is 81.3 Å². The van der Waals surface area contributed by atoms with Gasteiger partial charge in [0.05, 0.1) is 6.61 Å². The Kier molecular flexibility index (Phi) is 2.61. The van der Waals surface area contributed by atoms with Gasteiger partial charge in [0.2, 0.25) is 0 Å². The second-order valence-electron chi connectivity index (χ2n) is 4.93. The Morgan fingerprint density at radius 2 is 1.85 bits per heavy atom. The molecule has 2 fully saturated rings. The zero-order valence-corrected chi connectivity index (χ0v) is 8.88. The van der Waals surface area contributed by atoms with Crippen molar-refractivity contribution in [3.05, 3.63) is 0 Å². The number of rotatable bonds is 1. The molecule has 76 valence electrons. The summed E-state index contributed by atoms with van der Waals surface area (Å²) in [5, 5.41) is 0. The highest BCUT2D eigenvalue weighted by Gasteiger charge is 2.38. The fourth-order valence-electron chi connectivity index (χ4n) is 2.56. The van der Waals surface area contributed by atoms with Gasteiger partial charge in [0.15, 0.2) is 0 Å². The second-order valence-corrected chi connectivity index (χ2v) is 4.93. The maximum Gasteiger partial charge on any atom is 0.0524 e. The molecule has 2 saturated heterocycles. The molecule has 0 bridgehead atoms. The maximum atomic E-state index is 5.51. The van der Waals surface area contributed by atoms with Crippen molar-refractivity contribution in [3.63, 3.8) is 0 Å². The van der Waals surface area contributed by atoms with Gasteiger partial charge in [0.25, 0.3) is 0 Å². The van der Waals surface area contributed by atoms with Crippen LogP contribution in [-0.4, -0.2) is 37.2 Å². The summed E-state index contributed by atoms with van der Waals surface area (Å²) < 4.78 is 5.51. The van der Waals surface area contributed by atoms with Gasteiger partial charge in [-0.1, -0.05) is 0 Å². The minimum atomic E-state index is 0.575. The van der Waals surface area contributed by atoms with Gasteiger partial charge >= 0.3 is 0 Å². The molecule has 0 atom stereocenters. The highest BCUT2D eigenvalue weighted by atomic mass is 16.5. The van der Waals surface area contributed by atoms with Gasteiger partial charge in [-0.05, 0) is 51.6 Å². The molecule has 0 N–H and O–H groups in total. The quantitative estimate of drug-likeness (QED) is 0.615. The van der Waals surface area contributed by atoms with Crippen molar-refractivity contribution >= 4 is 0 Å². The summed E-state index contributed by atoms with van der Waals surface area (Å²) in [6, 6.07) is 0.722. The average Bonchev–Trinajstić information content (AvgIpc) is 2.54. The molecular weight excluding hydrogens is 162 g/mol. The molecule has 2 heterocycles. The van der Waals surface area contributed by atoms with Crippen LogP contribution in [0.15, 0.2) is 0 Å². The molecule has 0 radical (unpaired) electrons. The number of hydrogen-bond donors (Lipinski definition) is 0. The highest BCUT2D eigenvalue weighted by Crippen LogP contribution is 2.39. The fourth-order valence-corrected chi connectivity index (χ4v) is 2.56. The van der Waals surface area contributed by atoms with Crippen LogP contribution in [0.2, 0.25) is 0 Å². The Balaban J connectivity index is 1.88. The lowest BCUT2D eigenvalue weighted by molar-refractivity contribution is 0.0664. The summed E-state index contributed by atoms with van der Waals surface area (Å²) in [6.45, 7) is 9.18. The van der Waals surface area contributed by atoms with Crippen molar-refractivity contribution < 1.29 is 4.74 Å². The number of likely N-dealkylation sites (tertiary alicyclic amines) is 1. The van der Waals surface area contributed by atoms with E-state index in [4.69, 9.17) is 4.74 Å². The third kappa shape index (κ3) is 1.89. The van der Waals surface area contributed by atoms with Gasteiger partial charge in [0, 0.05) is 12.6 Å². The van der Waals surface area contributed by atoms with Crippen LogP contribution in [0.25, 0.3) is 0 Å². The van der Waals surface area contributed by atoms with E-state index in [1.807, 2.05) is 0 Å². The summed E-state index contributed by atoms with van der Waals surface area (Å²) in [5.41, 5.74) is 0.575. The summed E-state index contributed by atoms with van der Waals surface area (Å²) >= 11 is 0. The Bertz CT molecular complexity index is 163. The molecule has 2 heteroatoms. The lowest BCUT2D eigenvalue weighted by Gasteiger charge is -2.40. The third-order valence-electron chi connectivity index (χ3n) is 3.77. The first-order chi connectivity index (χ1) is 6.22. The molecule has 0 aromatic carbocycles. The third-order valence-corrected chi connectivity index (χ3v) is 3.77. The van der Waals surface area contributed by atoms with Crippen molar-refractivity contribution in [2.45, 2.75) is 39.2 Å². The smallest absolute Gasteiger partial charge is 0.0524 e. The minimum Gasteiger partial charge on any atom is -0.381 e. The van der Waals surface area contributed by atoms with Crippen LogP contribution < -0.4 is 0 Å². The molecule has 2 rings (SSSR count). The predicted molar refractivity (Wildman–Crippen MR) is 53.8 cm³/mol. The van der Waals surface area contributed by atoms with Crippen LogP contribution in [0.3, 0.4) is 0 Å². The van der Waals surface area contributed by atoms with Crippen LogP contribution in [0, 0.1) is 5.41 Å². The zero-order valence-electron chi connectivity index (χ0n) is 8.88. The predicted octanol–water partition coefficient (Wildman–Crippen LogP) is 1.90. The molecule has 0 unspecified atom stereocenters. The zero-order chi connectivity index (χ0) is 9.31. The van der Waals surface area contributed by atoms with Crippen molar-refractivity contribution in [2.24, 2.45) is 5.41 Å². The molecule has 1 spiro atoms.